The molecule has 1 N–H and O–H groups in total. The zero-order valence-corrected chi connectivity index (χ0v) is 10.3. The van der Waals surface area contributed by atoms with Gasteiger partial charge in [0, 0.05) is 6.42 Å². The van der Waals surface area contributed by atoms with Crippen LogP contribution in [0.4, 0.5) is 4.79 Å². The fourth-order valence-electron chi connectivity index (χ4n) is 1.45. The number of carbonyl (C=O) groups excluding carboxylic acids is 2. The van der Waals surface area contributed by atoms with Gasteiger partial charge in [0.2, 0.25) is 0 Å². The van der Waals surface area contributed by atoms with Crippen molar-refractivity contribution in [1.82, 2.24) is 5.32 Å². The molecule has 1 rings (SSSR count). The van der Waals surface area contributed by atoms with Gasteiger partial charge in [0.1, 0.15) is 11.1 Å². The summed E-state index contributed by atoms with van der Waals surface area (Å²) in [5.74, 6) is -0.0235. The summed E-state index contributed by atoms with van der Waals surface area (Å²) in [4.78, 5) is 23.2. The van der Waals surface area contributed by atoms with Crippen molar-refractivity contribution in [3.63, 3.8) is 0 Å². The molecule has 0 unspecified atom stereocenters. The van der Waals surface area contributed by atoms with Crippen LogP contribution in [0.5, 0.6) is 0 Å². The van der Waals surface area contributed by atoms with E-state index in [4.69, 9.17) is 9.47 Å². The Kier molecular flexibility index (Phi) is 3.57. The van der Waals surface area contributed by atoms with Gasteiger partial charge in [-0.25, -0.2) is 4.79 Å². The molecule has 0 atom stereocenters. The molecule has 1 aliphatic rings. The van der Waals surface area contributed by atoms with Gasteiger partial charge in [0.25, 0.3) is 0 Å². The van der Waals surface area contributed by atoms with Gasteiger partial charge in [-0.05, 0) is 20.8 Å². The van der Waals surface area contributed by atoms with Gasteiger partial charge in [-0.3, -0.25) is 4.79 Å². The summed E-state index contributed by atoms with van der Waals surface area (Å²) < 4.78 is 10.1. The fraction of sp³-hybridized carbons (Fsp3) is 0.818. The summed E-state index contributed by atoms with van der Waals surface area (Å²) in [6, 6.07) is 0. The summed E-state index contributed by atoms with van der Waals surface area (Å²) in [6.45, 7) is 7.56. The Balaban J connectivity index is 2.58. The molecule has 0 radical (unpaired) electrons. The molecule has 1 amide bonds. The van der Waals surface area contributed by atoms with E-state index in [1.165, 1.54) is 0 Å². The number of ketones is 1. The first-order chi connectivity index (χ1) is 7.29. The van der Waals surface area contributed by atoms with E-state index >= 15 is 0 Å². The van der Waals surface area contributed by atoms with Crippen LogP contribution in [-0.4, -0.2) is 36.2 Å². The third-order valence-corrected chi connectivity index (χ3v) is 2.29. The number of nitrogens with one attached hydrogen (secondary N) is 1. The molecule has 5 nitrogen and oxygen atoms in total. The molecule has 0 spiro atoms. The monoisotopic (exact) mass is 229 g/mol. The van der Waals surface area contributed by atoms with Crippen LogP contribution in [0.3, 0.4) is 0 Å². The summed E-state index contributed by atoms with van der Waals surface area (Å²) in [7, 11) is 0. The van der Waals surface area contributed by atoms with Gasteiger partial charge in [-0.2, -0.15) is 0 Å². The number of Topliss-reactive ketones (excluding diaryl/α,β-unsaturated/α-hetero) is 1. The van der Waals surface area contributed by atoms with Gasteiger partial charge in [-0.1, -0.05) is 6.92 Å². The van der Waals surface area contributed by atoms with E-state index in [1.807, 2.05) is 0 Å². The van der Waals surface area contributed by atoms with Crippen molar-refractivity contribution in [3.05, 3.63) is 0 Å². The molecule has 1 aliphatic heterocycles. The van der Waals surface area contributed by atoms with E-state index in [9.17, 15) is 9.59 Å². The number of rotatable bonds is 3. The van der Waals surface area contributed by atoms with E-state index in [0.29, 0.717) is 6.42 Å². The number of carbonyl (C=O) groups is 2. The molecule has 0 bridgehead atoms. The highest BCUT2D eigenvalue weighted by molar-refractivity contribution is 5.92. The fourth-order valence-corrected chi connectivity index (χ4v) is 1.45. The number of hydrogen-bond donors (Lipinski definition) is 1. The SMILES string of the molecule is CCC(=O)C1(NC(=O)OC(C)(C)C)COC1. The lowest BCUT2D eigenvalue weighted by atomic mass is 9.90. The van der Waals surface area contributed by atoms with Crippen LogP contribution >= 0.6 is 0 Å². The van der Waals surface area contributed by atoms with Crippen molar-refractivity contribution < 1.29 is 19.1 Å². The third kappa shape index (κ3) is 2.95. The number of alkyl carbamates (subject to hydrolysis) is 1. The van der Waals surface area contributed by atoms with Crippen molar-refractivity contribution in [2.24, 2.45) is 0 Å². The lowest BCUT2D eigenvalue weighted by Gasteiger charge is -2.40. The molecular formula is C11H19NO4. The molecule has 0 aromatic rings. The first-order valence-corrected chi connectivity index (χ1v) is 5.41. The summed E-state index contributed by atoms with van der Waals surface area (Å²) in [5.41, 5.74) is -1.43. The van der Waals surface area contributed by atoms with Crippen molar-refractivity contribution in [2.75, 3.05) is 13.2 Å². The molecule has 92 valence electrons. The van der Waals surface area contributed by atoms with Crippen molar-refractivity contribution >= 4 is 11.9 Å². The quantitative estimate of drug-likeness (QED) is 0.791. The Bertz CT molecular complexity index is 289. The predicted molar refractivity (Wildman–Crippen MR) is 58.2 cm³/mol. The number of ether oxygens (including phenoxy) is 2. The van der Waals surface area contributed by atoms with Crippen LogP contribution in [0.1, 0.15) is 34.1 Å². The minimum absolute atomic E-state index is 0.0235. The average molecular weight is 229 g/mol. The van der Waals surface area contributed by atoms with E-state index < -0.39 is 17.2 Å². The van der Waals surface area contributed by atoms with Crippen LogP contribution in [0.25, 0.3) is 0 Å². The van der Waals surface area contributed by atoms with E-state index in [0.717, 1.165) is 0 Å². The highest BCUT2D eigenvalue weighted by atomic mass is 16.6. The average Bonchev–Trinajstić information content (AvgIpc) is 2.07. The van der Waals surface area contributed by atoms with E-state index in [1.54, 1.807) is 27.7 Å². The highest BCUT2D eigenvalue weighted by Crippen LogP contribution is 2.20. The molecule has 0 aromatic carbocycles. The maximum atomic E-state index is 11.7. The largest absolute Gasteiger partial charge is 0.444 e. The minimum Gasteiger partial charge on any atom is -0.444 e. The second kappa shape index (κ2) is 4.41. The van der Waals surface area contributed by atoms with Crippen molar-refractivity contribution in [2.45, 2.75) is 45.3 Å². The van der Waals surface area contributed by atoms with Crippen LogP contribution < -0.4 is 5.32 Å². The topological polar surface area (TPSA) is 64.6 Å². The molecule has 0 aromatic heterocycles. The number of hydrogen-bond acceptors (Lipinski definition) is 4. The van der Waals surface area contributed by atoms with Crippen molar-refractivity contribution in [3.8, 4) is 0 Å². The lowest BCUT2D eigenvalue weighted by molar-refractivity contribution is -0.145. The first kappa shape index (κ1) is 13.0. The van der Waals surface area contributed by atoms with Gasteiger partial charge in [-0.15, -0.1) is 0 Å². The molecule has 0 aliphatic carbocycles. The summed E-state index contributed by atoms with van der Waals surface area (Å²) in [6.07, 6.45) is -0.198. The summed E-state index contributed by atoms with van der Waals surface area (Å²) >= 11 is 0. The Morgan fingerprint density at radius 3 is 2.25 bits per heavy atom. The maximum Gasteiger partial charge on any atom is 0.408 e. The standard InChI is InChI=1S/C11H19NO4/c1-5-8(13)11(6-15-7-11)12-9(14)16-10(2,3)4/h5-7H2,1-4H3,(H,12,14). The van der Waals surface area contributed by atoms with Gasteiger partial charge < -0.3 is 14.8 Å². The van der Waals surface area contributed by atoms with Crippen molar-refractivity contribution in [1.29, 1.82) is 0 Å². The summed E-state index contributed by atoms with van der Waals surface area (Å²) in [5, 5.41) is 2.60. The molecule has 5 heteroatoms. The second-order valence-corrected chi connectivity index (χ2v) is 4.98. The molecule has 0 saturated carbocycles. The van der Waals surface area contributed by atoms with E-state index in [-0.39, 0.29) is 19.0 Å². The lowest BCUT2D eigenvalue weighted by Crippen LogP contribution is -2.67. The van der Waals surface area contributed by atoms with Gasteiger partial charge >= 0.3 is 6.09 Å². The van der Waals surface area contributed by atoms with Crippen LogP contribution in [0, 0.1) is 0 Å². The van der Waals surface area contributed by atoms with Gasteiger partial charge in [0.05, 0.1) is 13.2 Å². The maximum absolute atomic E-state index is 11.7. The molecule has 16 heavy (non-hydrogen) atoms. The third-order valence-electron chi connectivity index (χ3n) is 2.29. The van der Waals surface area contributed by atoms with Crippen LogP contribution in [0.15, 0.2) is 0 Å². The number of amides is 1. The normalized spacial score (nSPS) is 18.5. The zero-order valence-electron chi connectivity index (χ0n) is 10.3. The zero-order chi connectivity index (χ0) is 12.4. The first-order valence-electron chi connectivity index (χ1n) is 5.41. The minimum atomic E-state index is -0.864. The Morgan fingerprint density at radius 2 is 1.94 bits per heavy atom. The van der Waals surface area contributed by atoms with E-state index in [2.05, 4.69) is 5.32 Å². The Labute approximate surface area is 95.5 Å². The molecule has 1 saturated heterocycles. The smallest absolute Gasteiger partial charge is 0.408 e. The molecular weight excluding hydrogens is 210 g/mol. The second-order valence-electron chi connectivity index (χ2n) is 4.98. The van der Waals surface area contributed by atoms with Crippen LogP contribution in [-0.2, 0) is 14.3 Å². The Morgan fingerprint density at radius 1 is 1.38 bits per heavy atom. The highest BCUT2D eigenvalue weighted by Gasteiger charge is 2.46. The van der Waals surface area contributed by atoms with Crippen LogP contribution in [0.2, 0.25) is 0 Å². The molecule has 1 heterocycles. The molecule has 1 fully saturated rings. The predicted octanol–water partition coefficient (Wildman–Crippen LogP) is 1.26. The Hall–Kier alpha value is -1.10. The van der Waals surface area contributed by atoms with Gasteiger partial charge in [0.15, 0.2) is 5.78 Å².